The van der Waals surface area contributed by atoms with Gasteiger partial charge in [0.15, 0.2) is 0 Å². The van der Waals surface area contributed by atoms with Crippen molar-refractivity contribution in [2.24, 2.45) is 0 Å². The minimum Gasteiger partial charge on any atom is -0.351 e. The number of rotatable bonds is 5. The Morgan fingerprint density at radius 3 is 2.65 bits per heavy atom. The van der Waals surface area contributed by atoms with Crippen LogP contribution in [0.1, 0.15) is 23.7 Å². The quantitative estimate of drug-likeness (QED) is 0.883. The summed E-state index contributed by atoms with van der Waals surface area (Å²) >= 11 is 1.53. The maximum absolute atomic E-state index is 11.8. The molecule has 1 aromatic heterocycles. The van der Waals surface area contributed by atoms with Crippen molar-refractivity contribution in [1.29, 1.82) is 0 Å². The van der Waals surface area contributed by atoms with Crippen LogP contribution in [-0.4, -0.2) is 60.9 Å². The van der Waals surface area contributed by atoms with Crippen LogP contribution in [0.3, 0.4) is 0 Å². The van der Waals surface area contributed by atoms with Gasteiger partial charge in [0.05, 0.1) is 0 Å². The van der Waals surface area contributed by atoms with Crippen LogP contribution in [0.4, 0.5) is 0 Å². The molecule has 1 saturated heterocycles. The van der Waals surface area contributed by atoms with Gasteiger partial charge in [0.1, 0.15) is 0 Å². The fourth-order valence-corrected chi connectivity index (χ4v) is 2.90. The number of nitrogens with one attached hydrogen (secondary N) is 1. The van der Waals surface area contributed by atoms with E-state index < -0.39 is 0 Å². The average Bonchev–Trinajstić information content (AvgIpc) is 3.01. The van der Waals surface area contributed by atoms with E-state index in [1.54, 1.807) is 0 Å². The van der Waals surface area contributed by atoms with Gasteiger partial charge in [-0.15, -0.1) is 0 Å². The molecule has 0 aromatic carbocycles. The molecule has 6 heteroatoms. The van der Waals surface area contributed by atoms with Crippen molar-refractivity contribution in [3.8, 4) is 0 Å². The van der Waals surface area contributed by atoms with Gasteiger partial charge in [-0.25, -0.2) is 0 Å². The minimum absolute atomic E-state index is 0.00829. The van der Waals surface area contributed by atoms with Crippen molar-refractivity contribution >= 4 is 23.2 Å². The Balaban J connectivity index is 1.64. The summed E-state index contributed by atoms with van der Waals surface area (Å²) in [6.07, 6.45) is 0.580. The van der Waals surface area contributed by atoms with Gasteiger partial charge in [0, 0.05) is 56.6 Å². The molecule has 0 aliphatic carbocycles. The topological polar surface area (TPSA) is 52.7 Å². The second-order valence-corrected chi connectivity index (χ2v) is 5.62. The normalized spacial score (nSPS) is 16.1. The highest BCUT2D eigenvalue weighted by Gasteiger charge is 2.19. The summed E-state index contributed by atoms with van der Waals surface area (Å²) in [5, 5.41) is 6.68. The first-order valence-corrected chi connectivity index (χ1v) is 7.95. The number of carbonyl (C=O) groups excluding carboxylic acids is 2. The third kappa shape index (κ3) is 4.05. The van der Waals surface area contributed by atoms with E-state index in [1.807, 2.05) is 28.7 Å². The molecule has 1 aliphatic rings. The Labute approximate surface area is 123 Å². The predicted octanol–water partition coefficient (Wildman–Crippen LogP) is 1.03. The summed E-state index contributed by atoms with van der Waals surface area (Å²) in [7, 11) is 0. The molecule has 0 spiro atoms. The van der Waals surface area contributed by atoms with Crippen molar-refractivity contribution < 1.29 is 9.59 Å². The van der Waals surface area contributed by atoms with Gasteiger partial charge in [0.2, 0.25) is 5.91 Å². The third-order valence-corrected chi connectivity index (χ3v) is 4.21. The van der Waals surface area contributed by atoms with Crippen molar-refractivity contribution in [1.82, 2.24) is 15.1 Å². The fraction of sp³-hybridized carbons (Fsp3) is 0.571. The summed E-state index contributed by atoms with van der Waals surface area (Å²) in [4.78, 5) is 27.5. The molecule has 2 amide bonds. The maximum Gasteiger partial charge on any atom is 0.252 e. The number of amides is 2. The van der Waals surface area contributed by atoms with Crippen LogP contribution in [0.15, 0.2) is 16.8 Å². The van der Waals surface area contributed by atoms with Gasteiger partial charge in [-0.2, -0.15) is 11.3 Å². The van der Waals surface area contributed by atoms with Crippen LogP contribution < -0.4 is 5.32 Å². The van der Waals surface area contributed by atoms with E-state index in [9.17, 15) is 9.59 Å². The molecule has 0 unspecified atom stereocenters. The van der Waals surface area contributed by atoms with Gasteiger partial charge >= 0.3 is 0 Å². The molecular weight excluding hydrogens is 274 g/mol. The van der Waals surface area contributed by atoms with E-state index in [4.69, 9.17) is 0 Å². The molecule has 1 fully saturated rings. The summed E-state index contributed by atoms with van der Waals surface area (Å²) in [5.74, 6) is 0.224. The molecule has 0 radical (unpaired) electrons. The SMILES string of the molecule is CCC(=O)N1CCN(CCNC(=O)c2ccsc2)CC1. The molecule has 0 bridgehead atoms. The molecular formula is C14H21N3O2S. The minimum atomic E-state index is -0.00829. The van der Waals surface area contributed by atoms with Gasteiger partial charge in [-0.1, -0.05) is 6.92 Å². The van der Waals surface area contributed by atoms with Crippen LogP contribution in [0.5, 0.6) is 0 Å². The Morgan fingerprint density at radius 1 is 1.30 bits per heavy atom. The first kappa shape index (κ1) is 15.0. The predicted molar refractivity (Wildman–Crippen MR) is 80.0 cm³/mol. The van der Waals surface area contributed by atoms with Gasteiger partial charge in [0.25, 0.3) is 5.91 Å². The maximum atomic E-state index is 11.8. The average molecular weight is 295 g/mol. The van der Waals surface area contributed by atoms with Crippen molar-refractivity contribution in [2.75, 3.05) is 39.3 Å². The lowest BCUT2D eigenvalue weighted by molar-refractivity contribution is -0.132. The molecule has 0 atom stereocenters. The Kier molecular flexibility index (Phi) is 5.55. The zero-order valence-electron chi connectivity index (χ0n) is 11.8. The first-order chi connectivity index (χ1) is 9.70. The number of thiophene rings is 1. The lowest BCUT2D eigenvalue weighted by Gasteiger charge is -2.34. The molecule has 2 heterocycles. The number of hydrogen-bond donors (Lipinski definition) is 1. The number of nitrogens with zero attached hydrogens (tertiary/aromatic N) is 2. The second kappa shape index (κ2) is 7.40. The summed E-state index contributed by atoms with van der Waals surface area (Å²) < 4.78 is 0. The van der Waals surface area contributed by atoms with Crippen molar-refractivity contribution in [3.63, 3.8) is 0 Å². The van der Waals surface area contributed by atoms with E-state index in [0.29, 0.717) is 13.0 Å². The molecule has 1 N–H and O–H groups in total. The van der Waals surface area contributed by atoms with Crippen LogP contribution in [0, 0.1) is 0 Å². The molecule has 20 heavy (non-hydrogen) atoms. The highest BCUT2D eigenvalue weighted by Crippen LogP contribution is 2.05. The summed E-state index contributed by atoms with van der Waals surface area (Å²) in [6.45, 7) is 6.76. The molecule has 1 aliphatic heterocycles. The zero-order chi connectivity index (χ0) is 14.4. The second-order valence-electron chi connectivity index (χ2n) is 4.84. The smallest absolute Gasteiger partial charge is 0.252 e. The highest BCUT2D eigenvalue weighted by atomic mass is 32.1. The first-order valence-electron chi connectivity index (χ1n) is 7.01. The number of piperazine rings is 1. The van der Waals surface area contributed by atoms with E-state index in [1.165, 1.54) is 11.3 Å². The molecule has 110 valence electrons. The van der Waals surface area contributed by atoms with E-state index >= 15 is 0 Å². The van der Waals surface area contributed by atoms with E-state index in [-0.39, 0.29) is 11.8 Å². The number of carbonyl (C=O) groups is 2. The van der Waals surface area contributed by atoms with E-state index in [0.717, 1.165) is 38.3 Å². The van der Waals surface area contributed by atoms with Gasteiger partial charge < -0.3 is 10.2 Å². The third-order valence-electron chi connectivity index (χ3n) is 3.52. The largest absolute Gasteiger partial charge is 0.351 e. The Bertz CT molecular complexity index is 439. The van der Waals surface area contributed by atoms with Crippen molar-refractivity contribution in [2.45, 2.75) is 13.3 Å². The van der Waals surface area contributed by atoms with E-state index in [2.05, 4.69) is 10.2 Å². The lowest BCUT2D eigenvalue weighted by atomic mass is 10.3. The van der Waals surface area contributed by atoms with Crippen LogP contribution in [-0.2, 0) is 4.79 Å². The fourth-order valence-electron chi connectivity index (χ4n) is 2.27. The van der Waals surface area contributed by atoms with Crippen LogP contribution in [0.25, 0.3) is 0 Å². The molecule has 2 rings (SSSR count). The van der Waals surface area contributed by atoms with Gasteiger partial charge in [-0.05, 0) is 11.4 Å². The highest BCUT2D eigenvalue weighted by molar-refractivity contribution is 7.08. The Morgan fingerprint density at radius 2 is 2.05 bits per heavy atom. The molecule has 0 saturated carbocycles. The Hall–Kier alpha value is -1.40. The number of hydrogen-bond acceptors (Lipinski definition) is 4. The van der Waals surface area contributed by atoms with Crippen molar-refractivity contribution in [3.05, 3.63) is 22.4 Å². The summed E-state index contributed by atoms with van der Waals surface area (Å²) in [5.41, 5.74) is 0.730. The zero-order valence-corrected chi connectivity index (χ0v) is 12.6. The van der Waals surface area contributed by atoms with Crippen LogP contribution >= 0.6 is 11.3 Å². The van der Waals surface area contributed by atoms with Crippen LogP contribution in [0.2, 0.25) is 0 Å². The lowest BCUT2D eigenvalue weighted by Crippen LogP contribution is -2.50. The standard InChI is InChI=1S/C14H21N3O2S/c1-2-13(18)17-8-6-16(7-9-17)5-4-15-14(19)12-3-10-20-11-12/h3,10-11H,2,4-9H2,1H3,(H,15,19). The molecule has 5 nitrogen and oxygen atoms in total. The molecule has 1 aromatic rings. The summed E-state index contributed by atoms with van der Waals surface area (Å²) in [6, 6.07) is 1.83. The monoisotopic (exact) mass is 295 g/mol. The van der Waals surface area contributed by atoms with Gasteiger partial charge in [-0.3, -0.25) is 14.5 Å².